The molecule has 5 heteroatoms. The van der Waals surface area contributed by atoms with E-state index in [1.165, 1.54) is 11.5 Å². The molecule has 1 aromatic rings. The van der Waals surface area contributed by atoms with Gasteiger partial charge in [0.2, 0.25) is 0 Å². The predicted molar refractivity (Wildman–Crippen MR) is 54.1 cm³/mol. The maximum atomic E-state index is 13.8. The number of rotatable bonds is 3. The van der Waals surface area contributed by atoms with Gasteiger partial charge >= 0.3 is 0 Å². The minimum atomic E-state index is -0.749. The maximum absolute atomic E-state index is 13.8. The van der Waals surface area contributed by atoms with Crippen molar-refractivity contribution < 1.29 is 4.39 Å². The Bertz CT molecular complexity index is 259. The number of nitrogens with one attached hydrogen (secondary N) is 1. The minimum Gasteiger partial charge on any atom is -0.317 e. The molecule has 1 unspecified atom stereocenters. The van der Waals surface area contributed by atoms with E-state index in [0.717, 1.165) is 31.6 Å². The van der Waals surface area contributed by atoms with Gasteiger partial charge in [0, 0.05) is 11.8 Å². The van der Waals surface area contributed by atoms with E-state index in [1.54, 1.807) is 0 Å². The number of nitrogens with zero attached hydrogens (tertiary/aromatic N) is 2. The molecule has 1 fully saturated rings. The van der Waals surface area contributed by atoms with E-state index in [2.05, 4.69) is 14.9 Å². The van der Waals surface area contributed by atoms with E-state index in [4.69, 9.17) is 0 Å². The summed E-state index contributed by atoms with van der Waals surface area (Å²) < 4.78 is 17.5. The summed E-state index contributed by atoms with van der Waals surface area (Å²) in [6, 6.07) is 0. The number of hydrogen-bond donors (Lipinski definition) is 1. The summed E-state index contributed by atoms with van der Waals surface area (Å²) in [4.78, 5) is 0. The summed E-state index contributed by atoms with van der Waals surface area (Å²) in [5, 5.41) is 8.93. The molecule has 0 aliphatic carbocycles. The Morgan fingerprint density at radius 1 is 1.57 bits per heavy atom. The van der Waals surface area contributed by atoms with E-state index < -0.39 is 6.17 Å². The van der Waals surface area contributed by atoms with Crippen molar-refractivity contribution in [2.24, 2.45) is 5.92 Å². The molecule has 2 rings (SSSR count). The smallest absolute Gasteiger partial charge is 0.109 e. The highest BCUT2D eigenvalue weighted by molar-refractivity contribution is 7.03. The second kappa shape index (κ2) is 4.79. The van der Waals surface area contributed by atoms with Crippen LogP contribution in [0.4, 0.5) is 4.39 Å². The highest BCUT2D eigenvalue weighted by Crippen LogP contribution is 2.21. The number of aromatic nitrogens is 2. The highest BCUT2D eigenvalue weighted by atomic mass is 32.1. The zero-order valence-corrected chi connectivity index (χ0v) is 8.76. The van der Waals surface area contributed by atoms with Crippen molar-refractivity contribution in [3.63, 3.8) is 0 Å². The Morgan fingerprint density at radius 3 is 3.00 bits per heavy atom. The van der Waals surface area contributed by atoms with Crippen molar-refractivity contribution in [2.45, 2.75) is 25.4 Å². The van der Waals surface area contributed by atoms with Crippen molar-refractivity contribution in [1.82, 2.24) is 14.9 Å². The molecule has 1 N–H and O–H groups in total. The number of alkyl halides is 1. The van der Waals surface area contributed by atoms with E-state index in [1.807, 2.05) is 5.38 Å². The fraction of sp³-hybridized carbons (Fsp3) is 0.778. The Morgan fingerprint density at radius 2 is 2.36 bits per heavy atom. The molecule has 3 nitrogen and oxygen atoms in total. The quantitative estimate of drug-likeness (QED) is 0.828. The zero-order chi connectivity index (χ0) is 9.80. The van der Waals surface area contributed by atoms with Crippen LogP contribution >= 0.6 is 11.5 Å². The van der Waals surface area contributed by atoms with Gasteiger partial charge in [-0.2, -0.15) is 0 Å². The average molecular weight is 215 g/mol. The number of hydrogen-bond acceptors (Lipinski definition) is 4. The third-order valence-electron chi connectivity index (χ3n) is 2.70. The molecule has 0 spiro atoms. The standard InChI is InChI=1S/C9H14FN3S/c10-9(5-8-6-14-13-12-8)7-1-3-11-4-2-7/h6-7,9,11H,1-5H2. The molecule has 0 amide bonds. The lowest BCUT2D eigenvalue weighted by molar-refractivity contribution is 0.186. The molecule has 2 heterocycles. The summed E-state index contributed by atoms with van der Waals surface area (Å²) in [6.07, 6.45) is 1.57. The largest absolute Gasteiger partial charge is 0.317 e. The topological polar surface area (TPSA) is 37.8 Å². The van der Waals surface area contributed by atoms with E-state index in [9.17, 15) is 4.39 Å². The van der Waals surface area contributed by atoms with E-state index in [0.29, 0.717) is 6.42 Å². The molecule has 78 valence electrons. The molecule has 0 saturated carbocycles. The van der Waals surface area contributed by atoms with Crippen LogP contribution in [0.3, 0.4) is 0 Å². The summed E-state index contributed by atoms with van der Waals surface area (Å²) in [5.41, 5.74) is 0.793. The normalized spacial score (nSPS) is 20.9. The first-order valence-corrected chi connectivity index (χ1v) is 5.80. The molecule has 1 atom stereocenters. The van der Waals surface area contributed by atoms with Crippen LogP contribution in [-0.2, 0) is 6.42 Å². The predicted octanol–water partition coefficient (Wildman–Crippen LogP) is 1.42. The van der Waals surface area contributed by atoms with E-state index in [-0.39, 0.29) is 5.92 Å². The van der Waals surface area contributed by atoms with Crippen LogP contribution < -0.4 is 5.32 Å². The number of piperidine rings is 1. The third kappa shape index (κ3) is 2.48. The molecule has 1 saturated heterocycles. The summed E-state index contributed by atoms with van der Waals surface area (Å²) in [7, 11) is 0. The Balaban J connectivity index is 1.85. The van der Waals surface area contributed by atoms with Crippen LogP contribution in [0.2, 0.25) is 0 Å². The van der Waals surface area contributed by atoms with Crippen LogP contribution in [-0.4, -0.2) is 28.8 Å². The summed E-state index contributed by atoms with van der Waals surface area (Å²) in [6.45, 7) is 1.89. The van der Waals surface area contributed by atoms with Gasteiger partial charge in [-0.15, -0.1) is 5.10 Å². The maximum Gasteiger partial charge on any atom is 0.109 e. The first-order valence-electron chi connectivity index (χ1n) is 4.97. The van der Waals surface area contributed by atoms with Gasteiger partial charge in [0.25, 0.3) is 0 Å². The van der Waals surface area contributed by atoms with Gasteiger partial charge in [-0.25, -0.2) is 4.39 Å². The summed E-state index contributed by atoms with van der Waals surface area (Å²) >= 11 is 1.29. The first kappa shape index (κ1) is 9.98. The second-order valence-electron chi connectivity index (χ2n) is 3.70. The molecule has 0 aromatic carbocycles. The number of halogens is 1. The van der Waals surface area contributed by atoms with Gasteiger partial charge in [-0.3, -0.25) is 0 Å². The molecular weight excluding hydrogens is 201 g/mol. The van der Waals surface area contributed by atoms with Crippen molar-refractivity contribution in [2.75, 3.05) is 13.1 Å². The van der Waals surface area contributed by atoms with Crippen LogP contribution in [0.5, 0.6) is 0 Å². The fourth-order valence-electron chi connectivity index (χ4n) is 1.85. The van der Waals surface area contributed by atoms with Crippen molar-refractivity contribution in [3.05, 3.63) is 11.1 Å². The van der Waals surface area contributed by atoms with Gasteiger partial charge in [-0.05, 0) is 43.4 Å². The van der Waals surface area contributed by atoms with Gasteiger partial charge in [0.15, 0.2) is 0 Å². The molecule has 14 heavy (non-hydrogen) atoms. The second-order valence-corrected chi connectivity index (χ2v) is 4.31. The van der Waals surface area contributed by atoms with Crippen LogP contribution in [0.15, 0.2) is 5.38 Å². The summed E-state index contributed by atoms with van der Waals surface area (Å²) in [5.74, 6) is 0.206. The molecule has 1 aliphatic rings. The lowest BCUT2D eigenvalue weighted by Crippen LogP contribution is -2.33. The zero-order valence-electron chi connectivity index (χ0n) is 7.95. The van der Waals surface area contributed by atoms with Gasteiger partial charge in [0.1, 0.15) is 6.17 Å². The molecule has 1 aromatic heterocycles. The SMILES string of the molecule is FC(Cc1csnn1)C1CCNCC1. The van der Waals surface area contributed by atoms with Gasteiger partial charge in [0.05, 0.1) is 5.69 Å². The lowest BCUT2D eigenvalue weighted by Gasteiger charge is -2.25. The lowest BCUT2D eigenvalue weighted by atomic mass is 9.91. The molecule has 0 bridgehead atoms. The Kier molecular flexibility index (Phi) is 3.42. The first-order chi connectivity index (χ1) is 6.86. The monoisotopic (exact) mass is 215 g/mol. The molecule has 1 aliphatic heterocycles. The minimum absolute atomic E-state index is 0.206. The highest BCUT2D eigenvalue weighted by Gasteiger charge is 2.23. The fourth-order valence-corrected chi connectivity index (χ4v) is 2.31. The average Bonchev–Trinajstić information content (AvgIpc) is 2.72. The van der Waals surface area contributed by atoms with Crippen molar-refractivity contribution in [1.29, 1.82) is 0 Å². The van der Waals surface area contributed by atoms with Crippen molar-refractivity contribution >= 4 is 11.5 Å². The van der Waals surface area contributed by atoms with Gasteiger partial charge in [-0.1, -0.05) is 4.49 Å². The Labute approximate surface area is 86.9 Å². The van der Waals surface area contributed by atoms with Crippen LogP contribution in [0.25, 0.3) is 0 Å². The van der Waals surface area contributed by atoms with Gasteiger partial charge < -0.3 is 5.32 Å². The third-order valence-corrected chi connectivity index (χ3v) is 3.26. The molecule has 0 radical (unpaired) electrons. The van der Waals surface area contributed by atoms with E-state index >= 15 is 0 Å². The molecular formula is C9H14FN3S. The van der Waals surface area contributed by atoms with Crippen LogP contribution in [0, 0.1) is 5.92 Å². The van der Waals surface area contributed by atoms with Crippen molar-refractivity contribution in [3.8, 4) is 0 Å². The Hall–Kier alpha value is -0.550. The van der Waals surface area contributed by atoms with Crippen LogP contribution in [0.1, 0.15) is 18.5 Å².